The van der Waals surface area contributed by atoms with E-state index in [0.29, 0.717) is 25.2 Å². The minimum atomic E-state index is -0.471. The average molecular weight is 418 g/mol. The van der Waals surface area contributed by atoms with Gasteiger partial charge in [-0.1, -0.05) is 32.0 Å². The van der Waals surface area contributed by atoms with Crippen LogP contribution in [0.5, 0.6) is 5.75 Å². The van der Waals surface area contributed by atoms with E-state index in [9.17, 15) is 9.59 Å². The second-order valence-electron chi connectivity index (χ2n) is 8.78. The van der Waals surface area contributed by atoms with Crippen molar-refractivity contribution in [2.75, 3.05) is 13.7 Å². The highest BCUT2D eigenvalue weighted by atomic mass is 16.5. The van der Waals surface area contributed by atoms with Crippen LogP contribution in [0.25, 0.3) is 10.9 Å². The molecule has 0 bridgehead atoms. The number of rotatable bonds is 4. The van der Waals surface area contributed by atoms with Crippen LogP contribution in [-0.2, 0) is 24.3 Å². The van der Waals surface area contributed by atoms with E-state index < -0.39 is 6.04 Å². The number of amides is 2. The molecule has 2 aromatic carbocycles. The SMILES string of the molecule is COc1ccc2[nH]c3c(c2c1)CN(C(=O)[C@H](C(C)C)N1Cc2ccccc2C1=O)CC3. The summed E-state index contributed by atoms with van der Waals surface area (Å²) in [6.45, 7) is 5.72. The minimum absolute atomic E-state index is 0.0234. The molecule has 2 aliphatic rings. The van der Waals surface area contributed by atoms with Crippen LogP contribution in [0, 0.1) is 5.92 Å². The molecule has 2 aliphatic heterocycles. The highest BCUT2D eigenvalue weighted by molar-refractivity contribution is 6.01. The van der Waals surface area contributed by atoms with Gasteiger partial charge in [0, 0.05) is 53.8 Å². The van der Waals surface area contributed by atoms with E-state index in [4.69, 9.17) is 4.74 Å². The Kier molecular flexibility index (Phi) is 4.73. The topological polar surface area (TPSA) is 65.6 Å². The van der Waals surface area contributed by atoms with Gasteiger partial charge in [0.05, 0.1) is 7.11 Å². The van der Waals surface area contributed by atoms with Crippen LogP contribution in [0.3, 0.4) is 0 Å². The first-order chi connectivity index (χ1) is 15.0. The van der Waals surface area contributed by atoms with Gasteiger partial charge in [0.15, 0.2) is 0 Å². The maximum Gasteiger partial charge on any atom is 0.255 e. The van der Waals surface area contributed by atoms with Crippen LogP contribution < -0.4 is 4.74 Å². The number of methoxy groups -OCH3 is 1. The lowest BCUT2D eigenvalue weighted by Crippen LogP contribution is -2.52. The van der Waals surface area contributed by atoms with Crippen molar-refractivity contribution in [2.24, 2.45) is 5.92 Å². The molecule has 0 saturated carbocycles. The molecular weight excluding hydrogens is 390 g/mol. The summed E-state index contributed by atoms with van der Waals surface area (Å²) in [4.78, 5) is 33.9. The van der Waals surface area contributed by atoms with Crippen molar-refractivity contribution in [3.05, 3.63) is 64.8 Å². The Bertz CT molecular complexity index is 1180. The lowest BCUT2D eigenvalue weighted by Gasteiger charge is -2.36. The van der Waals surface area contributed by atoms with E-state index in [1.165, 1.54) is 5.69 Å². The van der Waals surface area contributed by atoms with Gasteiger partial charge in [-0.05, 0) is 35.7 Å². The first kappa shape index (κ1) is 19.7. The van der Waals surface area contributed by atoms with Gasteiger partial charge in [0.2, 0.25) is 5.91 Å². The van der Waals surface area contributed by atoms with Crippen molar-refractivity contribution in [3.63, 3.8) is 0 Å². The summed E-state index contributed by atoms with van der Waals surface area (Å²) >= 11 is 0. The number of ether oxygens (including phenoxy) is 1. The minimum Gasteiger partial charge on any atom is -0.497 e. The van der Waals surface area contributed by atoms with Gasteiger partial charge >= 0.3 is 0 Å². The predicted molar refractivity (Wildman–Crippen MR) is 119 cm³/mol. The van der Waals surface area contributed by atoms with E-state index in [1.807, 2.05) is 61.2 Å². The van der Waals surface area contributed by atoms with Crippen molar-refractivity contribution < 1.29 is 14.3 Å². The lowest BCUT2D eigenvalue weighted by molar-refractivity contribution is -0.138. The van der Waals surface area contributed by atoms with E-state index in [2.05, 4.69) is 4.98 Å². The molecule has 0 saturated heterocycles. The van der Waals surface area contributed by atoms with Gasteiger partial charge in [-0.2, -0.15) is 0 Å². The molecule has 5 rings (SSSR count). The van der Waals surface area contributed by atoms with Gasteiger partial charge in [0.1, 0.15) is 11.8 Å². The third kappa shape index (κ3) is 3.17. The van der Waals surface area contributed by atoms with Crippen molar-refractivity contribution in [1.82, 2.24) is 14.8 Å². The summed E-state index contributed by atoms with van der Waals surface area (Å²) < 4.78 is 5.40. The van der Waals surface area contributed by atoms with Crippen molar-refractivity contribution >= 4 is 22.7 Å². The number of fused-ring (bicyclic) bond motifs is 4. The number of nitrogens with zero attached hydrogens (tertiary/aromatic N) is 2. The molecule has 0 spiro atoms. The number of carbonyl (C=O) groups is 2. The fraction of sp³-hybridized carbons (Fsp3) is 0.360. The summed E-state index contributed by atoms with van der Waals surface area (Å²) in [6, 6.07) is 13.2. The van der Waals surface area contributed by atoms with Gasteiger partial charge in [-0.25, -0.2) is 0 Å². The zero-order chi connectivity index (χ0) is 21.7. The molecule has 0 aliphatic carbocycles. The lowest BCUT2D eigenvalue weighted by atomic mass is 9.98. The zero-order valence-electron chi connectivity index (χ0n) is 18.1. The summed E-state index contributed by atoms with van der Waals surface area (Å²) in [6.07, 6.45) is 0.775. The molecule has 0 unspecified atom stereocenters. The van der Waals surface area contributed by atoms with Gasteiger partial charge in [-0.15, -0.1) is 0 Å². The normalized spacial score (nSPS) is 16.6. The highest BCUT2D eigenvalue weighted by Crippen LogP contribution is 2.33. The van der Waals surface area contributed by atoms with E-state index in [1.54, 1.807) is 12.0 Å². The van der Waals surface area contributed by atoms with Crippen LogP contribution in [-0.4, -0.2) is 46.3 Å². The van der Waals surface area contributed by atoms with Crippen LogP contribution in [0.15, 0.2) is 42.5 Å². The summed E-state index contributed by atoms with van der Waals surface area (Å²) in [5.41, 5.74) is 5.09. The molecule has 6 nitrogen and oxygen atoms in total. The molecule has 1 N–H and O–H groups in total. The molecule has 6 heteroatoms. The number of hydrogen-bond donors (Lipinski definition) is 1. The maximum absolute atomic E-state index is 13.7. The van der Waals surface area contributed by atoms with E-state index in [-0.39, 0.29) is 17.7 Å². The molecule has 1 atom stereocenters. The predicted octanol–water partition coefficient (Wildman–Crippen LogP) is 3.74. The van der Waals surface area contributed by atoms with Crippen LogP contribution in [0.4, 0.5) is 0 Å². The Morgan fingerprint density at radius 1 is 1.13 bits per heavy atom. The largest absolute Gasteiger partial charge is 0.497 e. The Morgan fingerprint density at radius 2 is 1.94 bits per heavy atom. The first-order valence-corrected chi connectivity index (χ1v) is 10.8. The standard InChI is InChI=1S/C25H27N3O3/c1-15(2)23(28-13-16-6-4-5-7-18(16)24(28)29)25(30)27-11-10-22-20(14-27)19-12-17(31-3)8-9-21(19)26-22/h4-9,12,15,23,26H,10-11,13-14H2,1-3H3/t23-/m0/s1. The van der Waals surface area contributed by atoms with Crippen molar-refractivity contribution in [3.8, 4) is 5.75 Å². The quantitative estimate of drug-likeness (QED) is 0.703. The Labute approximate surface area is 181 Å². The Morgan fingerprint density at radius 3 is 2.68 bits per heavy atom. The molecule has 1 aromatic heterocycles. The molecule has 0 radical (unpaired) electrons. The third-order valence-corrected chi connectivity index (χ3v) is 6.56. The maximum atomic E-state index is 13.7. The monoisotopic (exact) mass is 417 g/mol. The van der Waals surface area contributed by atoms with E-state index >= 15 is 0 Å². The molecule has 160 valence electrons. The Hall–Kier alpha value is -3.28. The molecule has 3 aromatic rings. The molecule has 0 fully saturated rings. The summed E-state index contributed by atoms with van der Waals surface area (Å²) in [5, 5.41) is 1.10. The summed E-state index contributed by atoms with van der Waals surface area (Å²) in [7, 11) is 1.66. The fourth-order valence-corrected chi connectivity index (χ4v) is 4.98. The number of aromatic nitrogens is 1. The van der Waals surface area contributed by atoms with Crippen LogP contribution in [0.1, 0.15) is 41.0 Å². The molecule has 3 heterocycles. The fourth-order valence-electron chi connectivity index (χ4n) is 4.98. The second-order valence-corrected chi connectivity index (χ2v) is 8.78. The number of benzene rings is 2. The third-order valence-electron chi connectivity index (χ3n) is 6.56. The van der Waals surface area contributed by atoms with Gasteiger partial charge < -0.3 is 19.5 Å². The van der Waals surface area contributed by atoms with Gasteiger partial charge in [0.25, 0.3) is 5.91 Å². The molecular formula is C25H27N3O3. The summed E-state index contributed by atoms with van der Waals surface area (Å²) in [5.74, 6) is 0.810. The first-order valence-electron chi connectivity index (χ1n) is 10.8. The highest BCUT2D eigenvalue weighted by Gasteiger charge is 2.40. The van der Waals surface area contributed by atoms with Gasteiger partial charge in [-0.3, -0.25) is 9.59 Å². The van der Waals surface area contributed by atoms with Crippen molar-refractivity contribution in [2.45, 2.75) is 39.4 Å². The average Bonchev–Trinajstić information content (AvgIpc) is 3.30. The van der Waals surface area contributed by atoms with Crippen molar-refractivity contribution in [1.29, 1.82) is 0 Å². The number of carbonyl (C=O) groups excluding carboxylic acids is 2. The molecule has 2 amide bonds. The number of hydrogen-bond acceptors (Lipinski definition) is 3. The number of nitrogens with one attached hydrogen (secondary N) is 1. The number of aromatic amines is 1. The second kappa shape index (κ2) is 7.45. The molecule has 31 heavy (non-hydrogen) atoms. The van der Waals surface area contributed by atoms with E-state index in [0.717, 1.165) is 34.2 Å². The van der Waals surface area contributed by atoms with Crippen LogP contribution in [0.2, 0.25) is 0 Å². The number of H-pyrrole nitrogens is 1. The Balaban J connectivity index is 1.44. The van der Waals surface area contributed by atoms with Crippen LogP contribution >= 0.6 is 0 Å². The zero-order valence-corrected chi connectivity index (χ0v) is 18.1. The smallest absolute Gasteiger partial charge is 0.255 e.